The van der Waals surface area contributed by atoms with Gasteiger partial charge in [-0.25, -0.2) is 0 Å². The number of rotatable bonds is 5. The van der Waals surface area contributed by atoms with E-state index in [2.05, 4.69) is 76.1 Å². The number of nitrogens with zero attached hydrogens (tertiary/aromatic N) is 2. The molecule has 0 bridgehead atoms. The molecule has 2 aromatic carbocycles. The molecule has 0 aliphatic heterocycles. The number of hydrogen-bond donors (Lipinski definition) is 2. The monoisotopic (exact) mass is 332 g/mol. The second kappa shape index (κ2) is 8.29. The Morgan fingerprint density at radius 3 is 2.64 bits per heavy atom. The molecule has 4 heteroatoms. The molecule has 0 fully saturated rings. The van der Waals surface area contributed by atoms with Crippen LogP contribution in [0.5, 0.6) is 0 Å². The molecule has 25 heavy (non-hydrogen) atoms. The van der Waals surface area contributed by atoms with Gasteiger partial charge in [0.25, 0.3) is 0 Å². The molecule has 0 spiro atoms. The standard InChI is InChI=1S/C21H24N4/c1-16(17-8-4-3-5-9-17)25-21(22-2)24-15-13-19-11-6-10-18-12-7-14-23-20(18)19/h3-12,14,16H,13,15H2,1-2H3,(H2,22,24,25). The van der Waals surface area contributed by atoms with Crippen LogP contribution in [0.1, 0.15) is 24.1 Å². The van der Waals surface area contributed by atoms with Crippen molar-refractivity contribution in [3.05, 3.63) is 78.0 Å². The summed E-state index contributed by atoms with van der Waals surface area (Å²) in [6.45, 7) is 2.94. The fourth-order valence-corrected chi connectivity index (χ4v) is 2.91. The van der Waals surface area contributed by atoms with Crippen LogP contribution in [0.15, 0.2) is 71.9 Å². The normalized spacial score (nSPS) is 12.8. The highest BCUT2D eigenvalue weighted by Gasteiger charge is 2.07. The number of hydrogen-bond acceptors (Lipinski definition) is 2. The summed E-state index contributed by atoms with van der Waals surface area (Å²) in [5.74, 6) is 0.810. The van der Waals surface area contributed by atoms with Crippen LogP contribution in [-0.2, 0) is 6.42 Å². The van der Waals surface area contributed by atoms with Crippen LogP contribution in [0.3, 0.4) is 0 Å². The molecule has 1 aromatic heterocycles. The van der Waals surface area contributed by atoms with E-state index in [0.29, 0.717) is 0 Å². The van der Waals surface area contributed by atoms with E-state index in [9.17, 15) is 0 Å². The van der Waals surface area contributed by atoms with E-state index in [0.717, 1.165) is 24.4 Å². The molecule has 1 atom stereocenters. The summed E-state index contributed by atoms with van der Waals surface area (Å²) in [4.78, 5) is 8.84. The maximum atomic E-state index is 4.51. The molecular weight excluding hydrogens is 308 g/mol. The number of guanidine groups is 1. The Kier molecular flexibility index (Phi) is 5.62. The molecule has 0 aliphatic rings. The molecule has 0 saturated heterocycles. The van der Waals surface area contributed by atoms with Gasteiger partial charge < -0.3 is 10.6 Å². The van der Waals surface area contributed by atoms with Gasteiger partial charge in [-0.2, -0.15) is 0 Å². The second-order valence-corrected chi connectivity index (χ2v) is 6.02. The molecule has 0 amide bonds. The summed E-state index contributed by atoms with van der Waals surface area (Å²) < 4.78 is 0. The molecule has 0 saturated carbocycles. The van der Waals surface area contributed by atoms with Crippen LogP contribution in [0.2, 0.25) is 0 Å². The van der Waals surface area contributed by atoms with Gasteiger partial charge in [-0.05, 0) is 30.5 Å². The predicted molar refractivity (Wildman–Crippen MR) is 105 cm³/mol. The van der Waals surface area contributed by atoms with Crippen molar-refractivity contribution in [3.8, 4) is 0 Å². The summed E-state index contributed by atoms with van der Waals surface area (Å²) in [5, 5.41) is 8.00. The Morgan fingerprint density at radius 2 is 1.84 bits per heavy atom. The van der Waals surface area contributed by atoms with Crippen LogP contribution >= 0.6 is 0 Å². The van der Waals surface area contributed by atoms with Crippen LogP contribution in [0.4, 0.5) is 0 Å². The number of aromatic nitrogens is 1. The number of nitrogens with one attached hydrogen (secondary N) is 2. The lowest BCUT2D eigenvalue weighted by Crippen LogP contribution is -2.39. The Labute approximate surface area is 149 Å². The molecule has 2 N–H and O–H groups in total. The zero-order chi connectivity index (χ0) is 17.5. The lowest BCUT2D eigenvalue weighted by molar-refractivity contribution is 0.684. The second-order valence-electron chi connectivity index (χ2n) is 6.02. The Morgan fingerprint density at radius 1 is 1.04 bits per heavy atom. The Balaban J connectivity index is 1.58. The van der Waals surface area contributed by atoms with E-state index in [1.807, 2.05) is 18.3 Å². The number of benzene rings is 2. The number of aliphatic imine (C=N–C) groups is 1. The maximum absolute atomic E-state index is 4.51. The van der Waals surface area contributed by atoms with Crippen molar-refractivity contribution >= 4 is 16.9 Å². The lowest BCUT2D eigenvalue weighted by Gasteiger charge is -2.18. The first kappa shape index (κ1) is 17.0. The summed E-state index contributed by atoms with van der Waals surface area (Å²) in [5.41, 5.74) is 3.56. The average molecular weight is 332 g/mol. The molecule has 4 nitrogen and oxygen atoms in total. The third-order valence-electron chi connectivity index (χ3n) is 4.28. The summed E-state index contributed by atoms with van der Waals surface area (Å²) >= 11 is 0. The fourth-order valence-electron chi connectivity index (χ4n) is 2.91. The van der Waals surface area contributed by atoms with Crippen molar-refractivity contribution in [1.82, 2.24) is 15.6 Å². The lowest BCUT2D eigenvalue weighted by atomic mass is 10.1. The minimum atomic E-state index is 0.201. The highest BCUT2D eigenvalue weighted by Crippen LogP contribution is 2.16. The van der Waals surface area contributed by atoms with Gasteiger partial charge in [-0.1, -0.05) is 54.6 Å². The SMILES string of the molecule is CN=C(NCCc1cccc2cccnc12)NC(C)c1ccccc1. The minimum absolute atomic E-state index is 0.201. The van der Waals surface area contributed by atoms with Gasteiger partial charge in [0.1, 0.15) is 0 Å². The van der Waals surface area contributed by atoms with E-state index in [1.54, 1.807) is 7.05 Å². The van der Waals surface area contributed by atoms with Gasteiger partial charge in [-0.15, -0.1) is 0 Å². The first-order valence-electron chi connectivity index (χ1n) is 8.62. The molecule has 128 valence electrons. The Hall–Kier alpha value is -2.88. The smallest absolute Gasteiger partial charge is 0.191 e. The maximum Gasteiger partial charge on any atom is 0.191 e. The molecular formula is C21H24N4. The van der Waals surface area contributed by atoms with Crippen LogP contribution in [-0.4, -0.2) is 24.5 Å². The minimum Gasteiger partial charge on any atom is -0.356 e. The predicted octanol–water partition coefficient (Wildman–Crippen LogP) is 3.70. The largest absolute Gasteiger partial charge is 0.356 e. The van der Waals surface area contributed by atoms with Crippen LogP contribution in [0.25, 0.3) is 10.9 Å². The number of pyridine rings is 1. The van der Waals surface area contributed by atoms with Crippen LogP contribution < -0.4 is 10.6 Å². The van der Waals surface area contributed by atoms with Gasteiger partial charge in [0, 0.05) is 25.2 Å². The van der Waals surface area contributed by atoms with Crippen LogP contribution in [0, 0.1) is 0 Å². The van der Waals surface area contributed by atoms with Crippen molar-refractivity contribution in [1.29, 1.82) is 0 Å². The molecule has 3 aromatic rings. The van der Waals surface area contributed by atoms with E-state index in [-0.39, 0.29) is 6.04 Å². The first-order valence-corrected chi connectivity index (χ1v) is 8.62. The fraction of sp³-hybridized carbons (Fsp3) is 0.238. The molecule has 1 unspecified atom stereocenters. The third-order valence-corrected chi connectivity index (χ3v) is 4.28. The summed E-state index contributed by atoms with van der Waals surface area (Å²) in [7, 11) is 1.80. The van der Waals surface area contributed by atoms with Gasteiger partial charge in [0.2, 0.25) is 0 Å². The van der Waals surface area contributed by atoms with Crippen molar-refractivity contribution in [2.45, 2.75) is 19.4 Å². The van der Waals surface area contributed by atoms with Gasteiger partial charge in [0.15, 0.2) is 5.96 Å². The number of para-hydroxylation sites is 1. The summed E-state index contributed by atoms with van der Waals surface area (Å²) in [6.07, 6.45) is 2.75. The van der Waals surface area contributed by atoms with Gasteiger partial charge >= 0.3 is 0 Å². The van der Waals surface area contributed by atoms with Gasteiger partial charge in [-0.3, -0.25) is 9.98 Å². The highest BCUT2D eigenvalue weighted by atomic mass is 15.2. The molecule has 1 heterocycles. The molecule has 0 aliphatic carbocycles. The van der Waals surface area contributed by atoms with Gasteiger partial charge in [0.05, 0.1) is 11.6 Å². The third kappa shape index (κ3) is 4.35. The van der Waals surface area contributed by atoms with Crippen molar-refractivity contribution in [2.75, 3.05) is 13.6 Å². The molecule has 0 radical (unpaired) electrons. The highest BCUT2D eigenvalue weighted by molar-refractivity contribution is 5.82. The quantitative estimate of drug-likeness (QED) is 0.553. The zero-order valence-corrected chi connectivity index (χ0v) is 14.7. The summed E-state index contributed by atoms with van der Waals surface area (Å²) in [6, 6.07) is 21.0. The Bertz CT molecular complexity index is 837. The zero-order valence-electron chi connectivity index (χ0n) is 14.7. The first-order chi connectivity index (χ1) is 12.3. The van der Waals surface area contributed by atoms with Crippen molar-refractivity contribution in [3.63, 3.8) is 0 Å². The van der Waals surface area contributed by atoms with E-state index < -0.39 is 0 Å². The topological polar surface area (TPSA) is 49.3 Å². The van der Waals surface area contributed by atoms with E-state index in [4.69, 9.17) is 0 Å². The average Bonchev–Trinajstić information content (AvgIpc) is 2.68. The van der Waals surface area contributed by atoms with E-state index >= 15 is 0 Å². The van der Waals surface area contributed by atoms with Crippen molar-refractivity contribution < 1.29 is 0 Å². The van der Waals surface area contributed by atoms with E-state index in [1.165, 1.54) is 16.5 Å². The van der Waals surface area contributed by atoms with Crippen molar-refractivity contribution in [2.24, 2.45) is 4.99 Å². The number of fused-ring (bicyclic) bond motifs is 1. The molecule has 3 rings (SSSR count).